The van der Waals surface area contributed by atoms with Gasteiger partial charge in [-0.3, -0.25) is 4.90 Å². The molecule has 18 heavy (non-hydrogen) atoms. The number of phenols is 1. The molecule has 1 aromatic rings. The molecule has 0 radical (unpaired) electrons. The Balaban J connectivity index is 2.06. The van der Waals surface area contributed by atoms with Gasteiger partial charge in [0, 0.05) is 31.7 Å². The highest BCUT2D eigenvalue weighted by Gasteiger charge is 2.33. The van der Waals surface area contributed by atoms with Crippen LogP contribution in [0.25, 0.3) is 0 Å². The van der Waals surface area contributed by atoms with Crippen LogP contribution in [-0.4, -0.2) is 29.1 Å². The maximum Gasteiger partial charge on any atom is 0.127 e. The Kier molecular flexibility index (Phi) is 3.59. The lowest BCUT2D eigenvalue weighted by atomic mass is 9.79. The van der Waals surface area contributed by atoms with Crippen LogP contribution in [0, 0.1) is 11.2 Å². The average Bonchev–Trinajstić information content (AvgIpc) is 2.21. The summed E-state index contributed by atoms with van der Waals surface area (Å²) >= 11 is 0. The second-order valence-electron chi connectivity index (χ2n) is 5.91. The lowest BCUT2D eigenvalue weighted by Gasteiger charge is -2.42. The standard InChI is InChI=1S/C14H21FN2O/c1-14(2)9-17(4-3-13(14)16)8-10-5-11(15)7-12(18)6-10/h5-7,13,18H,3-4,8-9,16H2,1-2H3. The molecule has 4 heteroatoms. The first-order valence-corrected chi connectivity index (χ1v) is 6.33. The number of piperidine rings is 1. The predicted molar refractivity (Wildman–Crippen MR) is 69.7 cm³/mol. The molecule has 1 atom stereocenters. The van der Waals surface area contributed by atoms with E-state index in [2.05, 4.69) is 18.7 Å². The number of likely N-dealkylation sites (tertiary alicyclic amines) is 1. The second-order valence-corrected chi connectivity index (χ2v) is 5.91. The lowest BCUT2D eigenvalue weighted by molar-refractivity contribution is 0.0898. The largest absolute Gasteiger partial charge is 0.508 e. The van der Waals surface area contributed by atoms with Crippen LogP contribution in [0.5, 0.6) is 5.75 Å². The van der Waals surface area contributed by atoms with Crippen LogP contribution in [0.2, 0.25) is 0 Å². The minimum Gasteiger partial charge on any atom is -0.508 e. The fourth-order valence-electron chi connectivity index (χ4n) is 2.60. The van der Waals surface area contributed by atoms with Gasteiger partial charge in [-0.15, -0.1) is 0 Å². The molecular formula is C14H21FN2O. The molecule has 1 unspecified atom stereocenters. The van der Waals surface area contributed by atoms with Gasteiger partial charge in [-0.05, 0) is 29.5 Å². The van der Waals surface area contributed by atoms with Gasteiger partial charge in [-0.1, -0.05) is 13.8 Å². The highest BCUT2D eigenvalue weighted by atomic mass is 19.1. The first-order valence-electron chi connectivity index (χ1n) is 6.33. The smallest absolute Gasteiger partial charge is 0.127 e. The number of nitrogens with zero attached hydrogens (tertiary/aromatic N) is 1. The van der Waals surface area contributed by atoms with E-state index in [4.69, 9.17) is 5.73 Å². The number of nitrogens with two attached hydrogens (primary N) is 1. The number of rotatable bonds is 2. The number of halogens is 1. The summed E-state index contributed by atoms with van der Waals surface area (Å²) in [4.78, 5) is 2.26. The van der Waals surface area contributed by atoms with Crippen molar-refractivity contribution in [3.8, 4) is 5.75 Å². The second kappa shape index (κ2) is 4.86. The van der Waals surface area contributed by atoms with E-state index >= 15 is 0 Å². The van der Waals surface area contributed by atoms with Crippen molar-refractivity contribution in [1.82, 2.24) is 4.90 Å². The van der Waals surface area contributed by atoms with Crippen LogP contribution in [-0.2, 0) is 6.54 Å². The van der Waals surface area contributed by atoms with E-state index in [9.17, 15) is 9.50 Å². The lowest BCUT2D eigenvalue weighted by Crippen LogP contribution is -2.52. The Morgan fingerprint density at radius 2 is 2.17 bits per heavy atom. The molecule has 0 amide bonds. The van der Waals surface area contributed by atoms with Crippen LogP contribution in [0.4, 0.5) is 4.39 Å². The molecule has 0 spiro atoms. The van der Waals surface area contributed by atoms with Crippen molar-refractivity contribution in [3.05, 3.63) is 29.6 Å². The Morgan fingerprint density at radius 1 is 1.44 bits per heavy atom. The molecule has 100 valence electrons. The summed E-state index contributed by atoms with van der Waals surface area (Å²) in [5.41, 5.74) is 6.97. The third kappa shape index (κ3) is 3.00. The molecule has 0 saturated carbocycles. The van der Waals surface area contributed by atoms with E-state index < -0.39 is 5.82 Å². The van der Waals surface area contributed by atoms with Gasteiger partial charge in [0.05, 0.1) is 0 Å². The minimum atomic E-state index is -0.391. The monoisotopic (exact) mass is 252 g/mol. The molecule has 1 fully saturated rings. The summed E-state index contributed by atoms with van der Waals surface area (Å²) in [5.74, 6) is -0.407. The summed E-state index contributed by atoms with van der Waals surface area (Å²) in [6.07, 6.45) is 0.953. The topological polar surface area (TPSA) is 49.5 Å². The Morgan fingerprint density at radius 3 is 2.78 bits per heavy atom. The summed E-state index contributed by atoms with van der Waals surface area (Å²) in [5, 5.41) is 9.39. The summed E-state index contributed by atoms with van der Waals surface area (Å²) < 4.78 is 13.2. The van der Waals surface area contributed by atoms with Crippen molar-refractivity contribution in [2.45, 2.75) is 32.9 Å². The van der Waals surface area contributed by atoms with Crippen molar-refractivity contribution in [2.75, 3.05) is 13.1 Å². The fraction of sp³-hybridized carbons (Fsp3) is 0.571. The number of hydrogen-bond donors (Lipinski definition) is 2. The van der Waals surface area contributed by atoms with Crippen LogP contribution in [0.1, 0.15) is 25.8 Å². The number of aromatic hydroxyl groups is 1. The Bertz CT molecular complexity index is 414. The van der Waals surface area contributed by atoms with Gasteiger partial charge in [0.15, 0.2) is 0 Å². The Labute approximate surface area is 107 Å². The molecule has 1 saturated heterocycles. The van der Waals surface area contributed by atoms with E-state index in [1.807, 2.05) is 0 Å². The van der Waals surface area contributed by atoms with Crippen LogP contribution in [0.15, 0.2) is 18.2 Å². The van der Waals surface area contributed by atoms with E-state index in [-0.39, 0.29) is 17.2 Å². The van der Waals surface area contributed by atoms with E-state index in [0.29, 0.717) is 6.54 Å². The van der Waals surface area contributed by atoms with Crippen molar-refractivity contribution < 1.29 is 9.50 Å². The van der Waals surface area contributed by atoms with Crippen molar-refractivity contribution in [3.63, 3.8) is 0 Å². The first kappa shape index (κ1) is 13.3. The molecule has 0 bridgehead atoms. The zero-order valence-electron chi connectivity index (χ0n) is 11.0. The zero-order chi connectivity index (χ0) is 13.3. The quantitative estimate of drug-likeness (QED) is 0.847. The zero-order valence-corrected chi connectivity index (χ0v) is 11.0. The van der Waals surface area contributed by atoms with Crippen LogP contribution < -0.4 is 5.73 Å². The van der Waals surface area contributed by atoms with Crippen molar-refractivity contribution in [1.29, 1.82) is 0 Å². The normalized spacial score (nSPS) is 24.1. The minimum absolute atomic E-state index is 0.0158. The number of benzene rings is 1. The molecular weight excluding hydrogens is 231 g/mol. The maximum atomic E-state index is 13.2. The van der Waals surface area contributed by atoms with Gasteiger partial charge < -0.3 is 10.8 Å². The summed E-state index contributed by atoms with van der Waals surface area (Å²) in [6, 6.07) is 4.43. The van der Waals surface area contributed by atoms with E-state index in [1.165, 1.54) is 6.07 Å². The van der Waals surface area contributed by atoms with Crippen molar-refractivity contribution >= 4 is 0 Å². The maximum absolute atomic E-state index is 13.2. The first-order chi connectivity index (χ1) is 8.37. The third-order valence-electron chi connectivity index (χ3n) is 3.74. The molecule has 3 N–H and O–H groups in total. The predicted octanol–water partition coefficient (Wildman–Crippen LogP) is 2.09. The van der Waals surface area contributed by atoms with Gasteiger partial charge in [0.1, 0.15) is 11.6 Å². The third-order valence-corrected chi connectivity index (χ3v) is 3.74. The van der Waals surface area contributed by atoms with E-state index in [0.717, 1.165) is 31.1 Å². The van der Waals surface area contributed by atoms with Gasteiger partial charge in [0.2, 0.25) is 0 Å². The fourth-order valence-corrected chi connectivity index (χ4v) is 2.60. The highest BCUT2D eigenvalue weighted by molar-refractivity contribution is 5.28. The Hall–Kier alpha value is -1.13. The molecule has 0 aliphatic carbocycles. The molecule has 1 aliphatic rings. The molecule has 1 aromatic carbocycles. The van der Waals surface area contributed by atoms with Gasteiger partial charge in [-0.25, -0.2) is 4.39 Å². The summed E-state index contributed by atoms with van der Waals surface area (Å²) in [7, 11) is 0. The number of hydrogen-bond acceptors (Lipinski definition) is 3. The van der Waals surface area contributed by atoms with Crippen LogP contribution in [0.3, 0.4) is 0 Å². The molecule has 1 aliphatic heterocycles. The van der Waals surface area contributed by atoms with Gasteiger partial charge in [0.25, 0.3) is 0 Å². The SMILES string of the molecule is CC1(C)CN(Cc2cc(O)cc(F)c2)CCC1N. The van der Waals surface area contributed by atoms with Crippen LogP contribution >= 0.6 is 0 Å². The summed E-state index contributed by atoms with van der Waals surface area (Å²) in [6.45, 7) is 6.79. The highest BCUT2D eigenvalue weighted by Crippen LogP contribution is 2.29. The molecule has 2 rings (SSSR count). The molecule has 3 nitrogen and oxygen atoms in total. The van der Waals surface area contributed by atoms with Gasteiger partial charge in [-0.2, -0.15) is 0 Å². The van der Waals surface area contributed by atoms with Gasteiger partial charge >= 0.3 is 0 Å². The molecule has 1 heterocycles. The van der Waals surface area contributed by atoms with E-state index in [1.54, 1.807) is 6.07 Å². The molecule has 0 aromatic heterocycles. The van der Waals surface area contributed by atoms with Crippen molar-refractivity contribution in [2.24, 2.45) is 11.1 Å². The number of phenolic OH excluding ortho intramolecular Hbond substituents is 1. The average molecular weight is 252 g/mol.